The van der Waals surface area contributed by atoms with Crippen LogP contribution in [-0.4, -0.2) is 52.8 Å². The molecule has 0 saturated carbocycles. The fraction of sp³-hybridized carbons (Fsp3) is 0.476. The van der Waals surface area contributed by atoms with E-state index in [-0.39, 0.29) is 33.6 Å². The summed E-state index contributed by atoms with van der Waals surface area (Å²) >= 11 is 6.69. The number of pyridine rings is 1. The lowest BCUT2D eigenvalue weighted by atomic mass is 10.0. The van der Waals surface area contributed by atoms with E-state index in [4.69, 9.17) is 16.3 Å². The summed E-state index contributed by atoms with van der Waals surface area (Å²) in [6.07, 6.45) is 0. The highest BCUT2D eigenvalue weighted by atomic mass is 35.5. The van der Waals surface area contributed by atoms with E-state index in [0.717, 1.165) is 25.2 Å². The number of phenols is 1. The summed E-state index contributed by atoms with van der Waals surface area (Å²) in [6.45, 7) is 9.84. The van der Waals surface area contributed by atoms with Gasteiger partial charge in [-0.1, -0.05) is 17.7 Å². The van der Waals surface area contributed by atoms with Gasteiger partial charge in [-0.25, -0.2) is 9.37 Å². The van der Waals surface area contributed by atoms with Crippen LogP contribution in [0.25, 0.3) is 11.3 Å². The normalized spacial score (nSPS) is 19.7. The number of anilines is 1. The largest absolute Gasteiger partial charge is 0.507 e. The monoisotopic (exact) mass is 420 g/mol. The number of hydrogen-bond donors (Lipinski definition) is 3. The Morgan fingerprint density at radius 2 is 2.17 bits per heavy atom. The second-order valence-electron chi connectivity index (χ2n) is 8.58. The van der Waals surface area contributed by atoms with Gasteiger partial charge in [0.05, 0.1) is 17.2 Å². The van der Waals surface area contributed by atoms with E-state index in [9.17, 15) is 9.50 Å². The quantitative estimate of drug-likeness (QED) is 0.689. The van der Waals surface area contributed by atoms with Gasteiger partial charge in [0.25, 0.3) is 0 Å². The van der Waals surface area contributed by atoms with Crippen molar-refractivity contribution in [1.29, 1.82) is 0 Å². The summed E-state index contributed by atoms with van der Waals surface area (Å²) < 4.78 is 20.8. The summed E-state index contributed by atoms with van der Waals surface area (Å²) in [5.41, 5.74) is 0.724. The highest BCUT2D eigenvalue weighted by molar-refractivity contribution is 6.35. The average molecular weight is 421 g/mol. The number of nitrogens with zero attached hydrogens (tertiary/aromatic N) is 2. The number of aromatic nitrogens is 1. The molecular formula is C21H26ClFN4O2. The van der Waals surface area contributed by atoms with Crippen molar-refractivity contribution in [3.63, 3.8) is 0 Å². The van der Waals surface area contributed by atoms with Crippen molar-refractivity contribution >= 4 is 17.4 Å². The fourth-order valence-electron chi connectivity index (χ4n) is 3.80. The van der Waals surface area contributed by atoms with Crippen molar-refractivity contribution in [3.05, 3.63) is 34.6 Å². The van der Waals surface area contributed by atoms with Crippen LogP contribution < -0.4 is 15.4 Å². The van der Waals surface area contributed by atoms with Crippen LogP contribution in [0.4, 0.5) is 10.2 Å². The second kappa shape index (κ2) is 7.63. The van der Waals surface area contributed by atoms with Crippen LogP contribution in [0.5, 0.6) is 11.5 Å². The average Bonchev–Trinajstić information content (AvgIpc) is 2.84. The number of fused-ring (bicyclic) bond motifs is 2. The molecule has 8 heteroatoms. The topological polar surface area (TPSA) is 69.7 Å². The van der Waals surface area contributed by atoms with Crippen molar-refractivity contribution in [2.24, 2.45) is 0 Å². The first kappa shape index (κ1) is 20.2. The minimum atomic E-state index is -0.587. The number of nitrogens with one attached hydrogen (secondary N) is 2. The van der Waals surface area contributed by atoms with Crippen LogP contribution in [0.1, 0.15) is 26.3 Å². The zero-order chi connectivity index (χ0) is 20.8. The fourth-order valence-corrected chi connectivity index (χ4v) is 4.11. The third kappa shape index (κ3) is 3.99. The molecule has 3 heterocycles. The van der Waals surface area contributed by atoms with Gasteiger partial charge in [0.2, 0.25) is 0 Å². The Kier molecular flexibility index (Phi) is 5.31. The van der Waals surface area contributed by atoms with E-state index in [1.165, 1.54) is 18.2 Å². The van der Waals surface area contributed by atoms with Crippen LogP contribution in [0.15, 0.2) is 18.2 Å². The third-order valence-electron chi connectivity index (χ3n) is 5.17. The predicted octanol–water partition coefficient (Wildman–Crippen LogP) is 3.62. The summed E-state index contributed by atoms with van der Waals surface area (Å²) in [4.78, 5) is 7.03. The highest BCUT2D eigenvalue weighted by Crippen LogP contribution is 2.45. The molecule has 1 atom stereocenters. The Bertz CT molecular complexity index is 912. The van der Waals surface area contributed by atoms with Crippen LogP contribution in [0, 0.1) is 5.82 Å². The zero-order valence-electron chi connectivity index (χ0n) is 16.9. The molecule has 1 saturated heterocycles. The smallest absolute Gasteiger partial charge is 0.148 e. The predicted molar refractivity (Wildman–Crippen MR) is 112 cm³/mol. The molecular weight excluding hydrogens is 395 g/mol. The zero-order valence-corrected chi connectivity index (χ0v) is 17.6. The van der Waals surface area contributed by atoms with Crippen molar-refractivity contribution in [2.75, 3.05) is 31.6 Å². The van der Waals surface area contributed by atoms with E-state index in [1.54, 1.807) is 0 Å². The lowest BCUT2D eigenvalue weighted by Crippen LogP contribution is -2.52. The van der Waals surface area contributed by atoms with E-state index in [2.05, 4.69) is 20.5 Å². The van der Waals surface area contributed by atoms with Crippen LogP contribution in [-0.2, 0) is 6.54 Å². The van der Waals surface area contributed by atoms with Crippen molar-refractivity contribution < 1.29 is 14.2 Å². The van der Waals surface area contributed by atoms with Crippen molar-refractivity contribution in [3.8, 4) is 22.8 Å². The Morgan fingerprint density at radius 3 is 2.90 bits per heavy atom. The van der Waals surface area contributed by atoms with Gasteiger partial charge in [0.1, 0.15) is 40.5 Å². The van der Waals surface area contributed by atoms with Crippen molar-refractivity contribution in [2.45, 2.75) is 38.9 Å². The second-order valence-corrected chi connectivity index (χ2v) is 8.96. The number of phenolic OH excluding ortho intramolecular Hbond substituents is 1. The minimum absolute atomic E-state index is 0.0236. The maximum absolute atomic E-state index is 14.6. The SMILES string of the molecule is CC(C)(C)Nc1nc(-c2c(O)cccc2F)c(Cl)c2c1CN1CCNC[C@@H]1CO2. The molecule has 0 unspecified atom stereocenters. The summed E-state index contributed by atoms with van der Waals surface area (Å²) in [5.74, 6) is 0.293. The number of ether oxygens (including phenoxy) is 1. The lowest BCUT2D eigenvalue weighted by molar-refractivity contribution is 0.120. The Labute approximate surface area is 175 Å². The number of halogens is 2. The molecule has 2 aromatic rings. The van der Waals surface area contributed by atoms with Gasteiger partial charge < -0.3 is 20.5 Å². The van der Waals surface area contributed by atoms with E-state index in [1.807, 2.05) is 20.8 Å². The van der Waals surface area contributed by atoms with E-state index in [0.29, 0.717) is 24.7 Å². The molecule has 29 heavy (non-hydrogen) atoms. The summed E-state index contributed by atoms with van der Waals surface area (Å²) in [5, 5.41) is 17.3. The molecule has 1 aromatic heterocycles. The molecule has 3 N–H and O–H groups in total. The number of rotatable bonds is 2. The maximum atomic E-state index is 14.6. The van der Waals surface area contributed by atoms with Gasteiger partial charge in [-0.2, -0.15) is 0 Å². The molecule has 0 amide bonds. The van der Waals surface area contributed by atoms with Gasteiger partial charge in [0, 0.05) is 31.7 Å². The summed E-state index contributed by atoms with van der Waals surface area (Å²) in [6, 6.07) is 4.37. The summed E-state index contributed by atoms with van der Waals surface area (Å²) in [7, 11) is 0. The van der Waals surface area contributed by atoms with Gasteiger partial charge in [0.15, 0.2) is 0 Å². The molecule has 0 bridgehead atoms. The molecule has 0 radical (unpaired) electrons. The molecule has 0 spiro atoms. The Hall–Kier alpha value is -2.09. The lowest BCUT2D eigenvalue weighted by Gasteiger charge is -2.34. The first-order chi connectivity index (χ1) is 13.7. The van der Waals surface area contributed by atoms with E-state index >= 15 is 0 Å². The van der Waals surface area contributed by atoms with Gasteiger partial charge >= 0.3 is 0 Å². The Balaban J connectivity index is 1.90. The molecule has 1 fully saturated rings. The van der Waals surface area contributed by atoms with Crippen LogP contribution >= 0.6 is 11.6 Å². The minimum Gasteiger partial charge on any atom is -0.507 e. The molecule has 6 nitrogen and oxygen atoms in total. The van der Waals surface area contributed by atoms with Crippen LogP contribution in [0.3, 0.4) is 0 Å². The molecule has 4 rings (SSSR count). The van der Waals surface area contributed by atoms with Gasteiger partial charge in [-0.15, -0.1) is 0 Å². The maximum Gasteiger partial charge on any atom is 0.148 e. The number of piperazine rings is 1. The molecule has 1 aromatic carbocycles. The standard InChI is InChI=1S/C21H26ClFN4O2/c1-21(2,3)26-20-13-10-27-8-7-24-9-12(27)11-29-19(13)17(22)18(25-20)16-14(23)5-4-6-15(16)28/h4-6,12,24,28H,7-11H2,1-3H3,(H,25,26)/t12-/m1/s1. The highest BCUT2D eigenvalue weighted by Gasteiger charge is 2.33. The molecule has 2 aliphatic rings. The van der Waals surface area contributed by atoms with Crippen LogP contribution in [0.2, 0.25) is 5.02 Å². The van der Waals surface area contributed by atoms with Gasteiger partial charge in [-0.3, -0.25) is 4.90 Å². The first-order valence-electron chi connectivity index (χ1n) is 9.80. The van der Waals surface area contributed by atoms with E-state index < -0.39 is 5.82 Å². The number of aromatic hydroxyl groups is 1. The molecule has 156 valence electrons. The number of hydrogen-bond acceptors (Lipinski definition) is 6. The Morgan fingerprint density at radius 1 is 1.38 bits per heavy atom. The van der Waals surface area contributed by atoms with Gasteiger partial charge in [-0.05, 0) is 32.9 Å². The number of benzene rings is 1. The molecule has 2 aliphatic heterocycles. The third-order valence-corrected chi connectivity index (χ3v) is 5.52. The first-order valence-corrected chi connectivity index (χ1v) is 10.2. The molecule has 0 aliphatic carbocycles. The van der Waals surface area contributed by atoms with Crippen molar-refractivity contribution in [1.82, 2.24) is 15.2 Å².